The molecular formula is C10H17N3O2S. The number of carbonyl (C=O) groups is 1. The van der Waals surface area contributed by atoms with Gasteiger partial charge < -0.3 is 9.67 Å². The topological polar surface area (TPSA) is 68.0 Å². The average Bonchev–Trinajstić information content (AvgIpc) is 2.57. The van der Waals surface area contributed by atoms with E-state index in [2.05, 4.69) is 24.0 Å². The van der Waals surface area contributed by atoms with E-state index in [1.54, 1.807) is 0 Å². The lowest BCUT2D eigenvalue weighted by Gasteiger charge is -2.15. The second-order valence-electron chi connectivity index (χ2n) is 3.72. The van der Waals surface area contributed by atoms with Gasteiger partial charge in [0.05, 0.1) is 5.75 Å². The van der Waals surface area contributed by atoms with Crippen molar-refractivity contribution in [1.29, 1.82) is 0 Å². The number of carboxylic acids is 1. The number of aryl methyl sites for hydroxylation is 1. The molecule has 6 heteroatoms. The van der Waals surface area contributed by atoms with Gasteiger partial charge in [0.15, 0.2) is 5.16 Å². The Balaban J connectivity index is 2.80. The van der Waals surface area contributed by atoms with E-state index in [0.717, 1.165) is 18.7 Å². The van der Waals surface area contributed by atoms with Crippen molar-refractivity contribution >= 4 is 17.7 Å². The van der Waals surface area contributed by atoms with E-state index >= 15 is 0 Å². The van der Waals surface area contributed by atoms with Crippen LogP contribution in [-0.4, -0.2) is 31.6 Å². The lowest BCUT2D eigenvalue weighted by atomic mass is 10.2. The van der Waals surface area contributed by atoms with Gasteiger partial charge in [0.25, 0.3) is 0 Å². The lowest BCUT2D eigenvalue weighted by molar-refractivity contribution is -0.133. The van der Waals surface area contributed by atoms with E-state index < -0.39 is 5.97 Å². The van der Waals surface area contributed by atoms with E-state index in [9.17, 15) is 4.79 Å². The molecule has 0 saturated carbocycles. The van der Waals surface area contributed by atoms with Crippen molar-refractivity contribution < 1.29 is 9.90 Å². The summed E-state index contributed by atoms with van der Waals surface area (Å²) in [4.78, 5) is 10.5. The third kappa shape index (κ3) is 3.23. The molecular weight excluding hydrogens is 226 g/mol. The minimum Gasteiger partial charge on any atom is -0.481 e. The summed E-state index contributed by atoms with van der Waals surface area (Å²) in [5.74, 6) is 0.0333. The number of carboxylic acid groups (broad SMARTS) is 1. The highest BCUT2D eigenvalue weighted by Gasteiger charge is 2.15. The first-order valence-electron chi connectivity index (χ1n) is 5.32. The highest BCUT2D eigenvalue weighted by Crippen LogP contribution is 2.23. The van der Waals surface area contributed by atoms with Gasteiger partial charge in [0, 0.05) is 6.04 Å². The van der Waals surface area contributed by atoms with Crippen LogP contribution in [0.1, 0.15) is 38.6 Å². The predicted octanol–water partition coefficient (Wildman–Crippen LogP) is 2.12. The van der Waals surface area contributed by atoms with Crippen molar-refractivity contribution in [3.05, 3.63) is 5.82 Å². The number of thioether (sulfide) groups is 1. The number of nitrogens with zero attached hydrogens (tertiary/aromatic N) is 3. The number of hydrogen-bond donors (Lipinski definition) is 1. The van der Waals surface area contributed by atoms with Gasteiger partial charge in [0.1, 0.15) is 5.82 Å². The molecule has 0 aliphatic carbocycles. The van der Waals surface area contributed by atoms with E-state index in [1.807, 2.05) is 11.5 Å². The zero-order valence-corrected chi connectivity index (χ0v) is 10.6. The second kappa shape index (κ2) is 5.89. The van der Waals surface area contributed by atoms with Gasteiger partial charge in [-0.25, -0.2) is 0 Å². The number of aliphatic carboxylic acids is 1. The fourth-order valence-corrected chi connectivity index (χ4v) is 2.43. The average molecular weight is 243 g/mol. The summed E-state index contributed by atoms with van der Waals surface area (Å²) in [6.45, 7) is 6.12. The Labute approximate surface area is 99.3 Å². The van der Waals surface area contributed by atoms with Crippen molar-refractivity contribution in [2.24, 2.45) is 0 Å². The standard InChI is InChI=1S/C10H17N3O2S/c1-4-5-7(2)13-8(3)11-12-10(13)16-6-9(14)15/h7H,4-6H2,1-3H3,(H,14,15). The maximum Gasteiger partial charge on any atom is 0.313 e. The molecule has 0 spiro atoms. The summed E-state index contributed by atoms with van der Waals surface area (Å²) in [5, 5.41) is 17.3. The van der Waals surface area contributed by atoms with Crippen LogP contribution in [0, 0.1) is 6.92 Å². The molecule has 1 rings (SSSR count). The summed E-state index contributed by atoms with van der Waals surface area (Å²) in [6.07, 6.45) is 2.13. The minimum absolute atomic E-state index is 0.0248. The Morgan fingerprint density at radius 3 is 2.81 bits per heavy atom. The number of aromatic nitrogens is 3. The fourth-order valence-electron chi connectivity index (χ4n) is 1.63. The molecule has 0 amide bonds. The molecule has 0 radical (unpaired) electrons. The zero-order valence-electron chi connectivity index (χ0n) is 9.80. The smallest absolute Gasteiger partial charge is 0.313 e. The van der Waals surface area contributed by atoms with Crippen LogP contribution < -0.4 is 0 Å². The van der Waals surface area contributed by atoms with Crippen LogP contribution in [0.5, 0.6) is 0 Å². The normalized spacial score (nSPS) is 12.7. The molecule has 1 heterocycles. The van der Waals surface area contributed by atoms with Gasteiger partial charge >= 0.3 is 5.97 Å². The molecule has 5 nitrogen and oxygen atoms in total. The molecule has 0 aliphatic rings. The maximum atomic E-state index is 10.5. The van der Waals surface area contributed by atoms with Crippen LogP contribution in [0.25, 0.3) is 0 Å². The van der Waals surface area contributed by atoms with Crippen molar-refractivity contribution in [1.82, 2.24) is 14.8 Å². The van der Waals surface area contributed by atoms with Crippen molar-refractivity contribution in [3.63, 3.8) is 0 Å². The van der Waals surface area contributed by atoms with Gasteiger partial charge in [-0.05, 0) is 20.3 Å². The van der Waals surface area contributed by atoms with Crippen LogP contribution in [0.15, 0.2) is 5.16 Å². The van der Waals surface area contributed by atoms with Crippen LogP contribution in [0.2, 0.25) is 0 Å². The third-order valence-corrected chi connectivity index (χ3v) is 3.23. The second-order valence-corrected chi connectivity index (χ2v) is 4.66. The van der Waals surface area contributed by atoms with Crippen molar-refractivity contribution in [2.75, 3.05) is 5.75 Å². The summed E-state index contributed by atoms with van der Waals surface area (Å²) >= 11 is 1.22. The SMILES string of the molecule is CCCC(C)n1c(C)nnc1SCC(=O)O. The Kier molecular flexibility index (Phi) is 4.79. The van der Waals surface area contributed by atoms with Crippen LogP contribution in [0.3, 0.4) is 0 Å². The molecule has 1 aromatic heterocycles. The van der Waals surface area contributed by atoms with Crippen LogP contribution in [-0.2, 0) is 4.79 Å². The molecule has 1 N–H and O–H groups in total. The van der Waals surface area contributed by atoms with Crippen LogP contribution in [0.4, 0.5) is 0 Å². The van der Waals surface area contributed by atoms with Gasteiger partial charge in [-0.3, -0.25) is 4.79 Å². The highest BCUT2D eigenvalue weighted by atomic mass is 32.2. The van der Waals surface area contributed by atoms with E-state index in [0.29, 0.717) is 11.2 Å². The lowest BCUT2D eigenvalue weighted by Crippen LogP contribution is -2.09. The Hall–Kier alpha value is -1.04. The van der Waals surface area contributed by atoms with E-state index in [1.165, 1.54) is 11.8 Å². The van der Waals surface area contributed by atoms with Gasteiger partial charge in [-0.1, -0.05) is 25.1 Å². The molecule has 1 atom stereocenters. The maximum absolute atomic E-state index is 10.5. The molecule has 0 bridgehead atoms. The molecule has 90 valence electrons. The Morgan fingerprint density at radius 1 is 1.56 bits per heavy atom. The first-order chi connectivity index (χ1) is 7.56. The molecule has 0 aliphatic heterocycles. The first-order valence-corrected chi connectivity index (χ1v) is 6.31. The molecule has 0 fully saturated rings. The molecule has 1 aromatic rings. The summed E-state index contributed by atoms with van der Waals surface area (Å²) in [5.41, 5.74) is 0. The molecule has 1 unspecified atom stereocenters. The molecule has 16 heavy (non-hydrogen) atoms. The molecule has 0 saturated heterocycles. The quantitative estimate of drug-likeness (QED) is 0.775. The summed E-state index contributed by atoms with van der Waals surface area (Å²) in [6, 6.07) is 0.316. The van der Waals surface area contributed by atoms with Crippen molar-refractivity contribution in [2.45, 2.75) is 44.8 Å². The predicted molar refractivity (Wildman–Crippen MR) is 62.7 cm³/mol. The zero-order chi connectivity index (χ0) is 12.1. The summed E-state index contributed by atoms with van der Waals surface area (Å²) < 4.78 is 2.01. The van der Waals surface area contributed by atoms with Gasteiger partial charge in [0.2, 0.25) is 0 Å². The van der Waals surface area contributed by atoms with E-state index in [-0.39, 0.29) is 5.75 Å². The minimum atomic E-state index is -0.833. The monoisotopic (exact) mass is 243 g/mol. The van der Waals surface area contributed by atoms with Gasteiger partial charge in [-0.15, -0.1) is 10.2 Å². The number of hydrogen-bond acceptors (Lipinski definition) is 4. The van der Waals surface area contributed by atoms with Crippen LogP contribution >= 0.6 is 11.8 Å². The van der Waals surface area contributed by atoms with E-state index in [4.69, 9.17) is 5.11 Å². The van der Waals surface area contributed by atoms with Crippen molar-refractivity contribution in [3.8, 4) is 0 Å². The number of rotatable bonds is 6. The Morgan fingerprint density at radius 2 is 2.25 bits per heavy atom. The third-order valence-electron chi connectivity index (χ3n) is 2.31. The molecule has 0 aromatic carbocycles. The Bertz CT molecular complexity index is 365. The fraction of sp³-hybridized carbons (Fsp3) is 0.700. The summed E-state index contributed by atoms with van der Waals surface area (Å²) in [7, 11) is 0. The largest absolute Gasteiger partial charge is 0.481 e. The first kappa shape index (κ1) is 13.0. The van der Waals surface area contributed by atoms with Gasteiger partial charge in [-0.2, -0.15) is 0 Å². The highest BCUT2D eigenvalue weighted by molar-refractivity contribution is 7.99.